The van der Waals surface area contributed by atoms with E-state index in [1.165, 1.54) is 5.69 Å². The van der Waals surface area contributed by atoms with Gasteiger partial charge in [-0.25, -0.2) is 4.98 Å². The van der Waals surface area contributed by atoms with Crippen molar-refractivity contribution in [2.45, 2.75) is 32.2 Å². The minimum atomic E-state index is -0.00142. The van der Waals surface area contributed by atoms with Gasteiger partial charge < -0.3 is 19.7 Å². The molecule has 7 nitrogen and oxygen atoms in total. The van der Waals surface area contributed by atoms with E-state index in [-0.39, 0.29) is 17.7 Å². The van der Waals surface area contributed by atoms with Gasteiger partial charge in [-0.2, -0.15) is 0 Å². The first-order valence-corrected chi connectivity index (χ1v) is 10.6. The molecule has 0 radical (unpaired) electrons. The second-order valence-corrected chi connectivity index (χ2v) is 7.83. The van der Waals surface area contributed by atoms with E-state index >= 15 is 0 Å². The largest absolute Gasteiger partial charge is 0.368 e. The van der Waals surface area contributed by atoms with E-state index in [0.29, 0.717) is 25.9 Å². The van der Waals surface area contributed by atoms with Gasteiger partial charge in [-0.15, -0.1) is 0 Å². The van der Waals surface area contributed by atoms with Gasteiger partial charge in [0.15, 0.2) is 0 Å². The highest BCUT2D eigenvalue weighted by Gasteiger charge is 2.25. The van der Waals surface area contributed by atoms with E-state index in [0.717, 1.165) is 44.8 Å². The number of nitrogens with zero attached hydrogens (tertiary/aromatic N) is 4. The summed E-state index contributed by atoms with van der Waals surface area (Å²) in [6.45, 7) is 4.51. The third-order valence-electron chi connectivity index (χ3n) is 5.93. The van der Waals surface area contributed by atoms with Gasteiger partial charge in [-0.3, -0.25) is 9.59 Å². The number of carbonyl (C=O) groups excluding carboxylic acids is 2. The molecule has 1 saturated heterocycles. The number of rotatable bonds is 6. The SMILES string of the molecule is O=C(NCCCC(=O)N1CCN(c2ccccc2)CC1)[C@H]1CCc2nccn2C1. The zero-order valence-corrected chi connectivity index (χ0v) is 16.8. The first-order chi connectivity index (χ1) is 14.2. The van der Waals surface area contributed by atoms with Crippen molar-refractivity contribution in [3.63, 3.8) is 0 Å². The molecule has 0 saturated carbocycles. The fourth-order valence-corrected chi connectivity index (χ4v) is 4.19. The summed E-state index contributed by atoms with van der Waals surface area (Å²) in [5.41, 5.74) is 1.22. The topological polar surface area (TPSA) is 70.5 Å². The zero-order chi connectivity index (χ0) is 20.1. The third-order valence-corrected chi connectivity index (χ3v) is 5.93. The Morgan fingerprint density at radius 3 is 2.69 bits per heavy atom. The van der Waals surface area contributed by atoms with Crippen molar-refractivity contribution in [3.05, 3.63) is 48.5 Å². The number of aryl methyl sites for hydroxylation is 1. The molecule has 0 aliphatic carbocycles. The van der Waals surface area contributed by atoms with Crippen LogP contribution in [0.5, 0.6) is 0 Å². The quantitative estimate of drug-likeness (QED) is 0.756. The first-order valence-electron chi connectivity index (χ1n) is 10.6. The van der Waals surface area contributed by atoms with Crippen LogP contribution in [0.2, 0.25) is 0 Å². The van der Waals surface area contributed by atoms with E-state index in [1.807, 2.05) is 29.3 Å². The highest BCUT2D eigenvalue weighted by Crippen LogP contribution is 2.19. The molecule has 2 amide bonds. The van der Waals surface area contributed by atoms with Crippen molar-refractivity contribution in [2.24, 2.45) is 5.92 Å². The summed E-state index contributed by atoms with van der Waals surface area (Å²) in [5, 5.41) is 3.01. The number of para-hydroxylation sites is 1. The maximum Gasteiger partial charge on any atom is 0.224 e. The van der Waals surface area contributed by atoms with Crippen LogP contribution in [0, 0.1) is 5.92 Å². The average molecular weight is 396 g/mol. The fourth-order valence-electron chi connectivity index (χ4n) is 4.19. The molecule has 0 spiro atoms. The van der Waals surface area contributed by atoms with Gasteiger partial charge >= 0.3 is 0 Å². The molecule has 1 aromatic heterocycles. The van der Waals surface area contributed by atoms with E-state index in [4.69, 9.17) is 0 Å². The molecule has 4 rings (SSSR count). The van der Waals surface area contributed by atoms with Gasteiger partial charge in [-0.1, -0.05) is 18.2 Å². The van der Waals surface area contributed by atoms with Crippen molar-refractivity contribution >= 4 is 17.5 Å². The summed E-state index contributed by atoms with van der Waals surface area (Å²) < 4.78 is 2.06. The van der Waals surface area contributed by atoms with Crippen molar-refractivity contribution in [3.8, 4) is 0 Å². The number of imidazole rings is 1. The minimum absolute atomic E-state index is 0.00142. The summed E-state index contributed by atoms with van der Waals surface area (Å²) in [6.07, 6.45) is 6.59. The second-order valence-electron chi connectivity index (χ2n) is 7.83. The lowest BCUT2D eigenvalue weighted by molar-refractivity contribution is -0.132. The van der Waals surface area contributed by atoms with Crippen LogP contribution in [0.25, 0.3) is 0 Å². The van der Waals surface area contributed by atoms with E-state index in [1.54, 1.807) is 6.20 Å². The van der Waals surface area contributed by atoms with Gasteiger partial charge in [0.2, 0.25) is 11.8 Å². The highest BCUT2D eigenvalue weighted by molar-refractivity contribution is 5.79. The Labute approximate surface area is 171 Å². The molecular formula is C22H29N5O2. The number of hydrogen-bond donors (Lipinski definition) is 1. The number of hydrogen-bond acceptors (Lipinski definition) is 4. The van der Waals surface area contributed by atoms with Crippen LogP contribution in [0.15, 0.2) is 42.7 Å². The minimum Gasteiger partial charge on any atom is -0.368 e. The Balaban J connectivity index is 1.13. The maximum absolute atomic E-state index is 12.5. The van der Waals surface area contributed by atoms with Crippen molar-refractivity contribution in [1.82, 2.24) is 19.8 Å². The fraction of sp³-hybridized carbons (Fsp3) is 0.500. The van der Waals surface area contributed by atoms with E-state index in [2.05, 4.69) is 31.9 Å². The van der Waals surface area contributed by atoms with Crippen molar-refractivity contribution in [2.75, 3.05) is 37.6 Å². The van der Waals surface area contributed by atoms with Crippen LogP contribution in [0.3, 0.4) is 0 Å². The van der Waals surface area contributed by atoms with Crippen LogP contribution in [0.1, 0.15) is 25.1 Å². The number of carbonyl (C=O) groups is 2. The van der Waals surface area contributed by atoms with E-state index in [9.17, 15) is 9.59 Å². The molecule has 1 aromatic carbocycles. The number of fused-ring (bicyclic) bond motifs is 1. The molecule has 3 heterocycles. The number of piperazine rings is 1. The Kier molecular flexibility index (Phi) is 6.12. The number of aromatic nitrogens is 2. The monoisotopic (exact) mass is 395 g/mol. The molecule has 0 bridgehead atoms. The van der Waals surface area contributed by atoms with Crippen molar-refractivity contribution < 1.29 is 9.59 Å². The van der Waals surface area contributed by atoms with E-state index < -0.39 is 0 Å². The smallest absolute Gasteiger partial charge is 0.224 e. The zero-order valence-electron chi connectivity index (χ0n) is 16.8. The van der Waals surface area contributed by atoms with Gasteiger partial charge in [-0.05, 0) is 25.0 Å². The Morgan fingerprint density at radius 1 is 1.10 bits per heavy atom. The Morgan fingerprint density at radius 2 is 1.90 bits per heavy atom. The summed E-state index contributed by atoms with van der Waals surface area (Å²) in [6, 6.07) is 10.3. The number of anilines is 1. The highest BCUT2D eigenvalue weighted by atomic mass is 16.2. The predicted molar refractivity (Wildman–Crippen MR) is 112 cm³/mol. The van der Waals surface area contributed by atoms with Crippen LogP contribution in [-0.2, 0) is 22.6 Å². The molecule has 2 aromatic rings. The molecule has 1 fully saturated rings. The first kappa shape index (κ1) is 19.5. The number of nitrogens with one attached hydrogen (secondary N) is 1. The van der Waals surface area contributed by atoms with Crippen LogP contribution >= 0.6 is 0 Å². The molecule has 1 N–H and O–H groups in total. The standard InChI is InChI=1S/C22H29N5O2/c28-21(26-15-13-25(14-16-26)19-5-2-1-3-6-19)7-4-10-24-22(29)18-8-9-20-23-11-12-27(20)17-18/h1-3,5-6,11-12,18H,4,7-10,13-17H2,(H,24,29)/t18-/m0/s1. The normalized spacial score (nSPS) is 19.0. The number of amides is 2. The Hall–Kier alpha value is -2.83. The molecule has 29 heavy (non-hydrogen) atoms. The van der Waals surface area contributed by atoms with Gasteiger partial charge in [0.1, 0.15) is 5.82 Å². The Bertz CT molecular complexity index is 827. The van der Waals surface area contributed by atoms with Crippen molar-refractivity contribution in [1.29, 1.82) is 0 Å². The summed E-state index contributed by atoms with van der Waals surface area (Å²) in [7, 11) is 0. The molecule has 1 atom stereocenters. The average Bonchev–Trinajstić information content (AvgIpc) is 3.25. The molecular weight excluding hydrogens is 366 g/mol. The summed E-state index contributed by atoms with van der Waals surface area (Å²) in [5.74, 6) is 1.34. The molecule has 2 aliphatic rings. The van der Waals surface area contributed by atoms with Gasteiger partial charge in [0.25, 0.3) is 0 Å². The predicted octanol–water partition coefficient (Wildman–Crippen LogP) is 1.69. The lowest BCUT2D eigenvalue weighted by Crippen LogP contribution is -2.48. The molecule has 7 heteroatoms. The summed E-state index contributed by atoms with van der Waals surface area (Å²) in [4.78, 5) is 33.4. The maximum atomic E-state index is 12.5. The summed E-state index contributed by atoms with van der Waals surface area (Å²) >= 11 is 0. The lowest BCUT2D eigenvalue weighted by atomic mass is 9.98. The van der Waals surface area contributed by atoms with Crippen LogP contribution in [-0.4, -0.2) is 59.0 Å². The third kappa shape index (κ3) is 4.78. The lowest BCUT2D eigenvalue weighted by Gasteiger charge is -2.36. The van der Waals surface area contributed by atoms with Gasteiger partial charge in [0, 0.05) is 70.2 Å². The van der Waals surface area contributed by atoms with Crippen LogP contribution < -0.4 is 10.2 Å². The molecule has 0 unspecified atom stereocenters. The number of benzene rings is 1. The second kappa shape index (κ2) is 9.11. The van der Waals surface area contributed by atoms with Gasteiger partial charge in [0.05, 0.1) is 5.92 Å². The molecule has 2 aliphatic heterocycles. The van der Waals surface area contributed by atoms with Crippen LogP contribution in [0.4, 0.5) is 5.69 Å². The molecule has 154 valence electrons.